The molecule has 0 bridgehead atoms. The summed E-state index contributed by atoms with van der Waals surface area (Å²) in [6.07, 6.45) is 0. The lowest BCUT2D eigenvalue weighted by Crippen LogP contribution is -2.43. The van der Waals surface area contributed by atoms with Crippen molar-refractivity contribution in [3.63, 3.8) is 0 Å². The molecule has 0 saturated heterocycles. The molecule has 2 amide bonds. The second-order valence-corrected chi connectivity index (χ2v) is 5.96. The van der Waals surface area contributed by atoms with E-state index < -0.39 is 11.9 Å². The summed E-state index contributed by atoms with van der Waals surface area (Å²) in [5.41, 5.74) is 1.02. The zero-order valence-electron chi connectivity index (χ0n) is 12.5. The van der Waals surface area contributed by atoms with E-state index in [0.717, 1.165) is 10.0 Å². The van der Waals surface area contributed by atoms with Crippen LogP contribution in [0, 0.1) is 5.92 Å². The molecule has 1 unspecified atom stereocenters. The van der Waals surface area contributed by atoms with Gasteiger partial charge in [-0.25, -0.2) is 4.79 Å². The van der Waals surface area contributed by atoms with E-state index in [4.69, 9.17) is 5.11 Å². The first-order valence-electron chi connectivity index (χ1n) is 6.82. The molecule has 0 aliphatic rings. The van der Waals surface area contributed by atoms with Crippen LogP contribution in [0.5, 0.6) is 0 Å². The van der Waals surface area contributed by atoms with Crippen molar-refractivity contribution in [3.8, 4) is 0 Å². The summed E-state index contributed by atoms with van der Waals surface area (Å²) in [6, 6.07) is 7.59. The van der Waals surface area contributed by atoms with E-state index in [0.29, 0.717) is 13.1 Å². The first-order valence-corrected chi connectivity index (χ1v) is 7.61. The Morgan fingerprint density at radius 1 is 1.29 bits per heavy atom. The number of nitrogens with zero attached hydrogens (tertiary/aromatic N) is 2. The van der Waals surface area contributed by atoms with Gasteiger partial charge in [0.25, 0.3) is 0 Å². The van der Waals surface area contributed by atoms with Gasteiger partial charge in [0.1, 0.15) is 0 Å². The molecule has 21 heavy (non-hydrogen) atoms. The van der Waals surface area contributed by atoms with Crippen LogP contribution in [0.4, 0.5) is 4.79 Å². The first kappa shape index (κ1) is 17.5. The Morgan fingerprint density at radius 2 is 1.86 bits per heavy atom. The molecule has 1 N–H and O–H groups in total. The van der Waals surface area contributed by atoms with Gasteiger partial charge in [0.2, 0.25) is 0 Å². The van der Waals surface area contributed by atoms with Gasteiger partial charge in [-0.15, -0.1) is 0 Å². The van der Waals surface area contributed by atoms with Gasteiger partial charge in [0.05, 0.1) is 5.92 Å². The highest BCUT2D eigenvalue weighted by Gasteiger charge is 2.21. The molecule has 0 aliphatic carbocycles. The quantitative estimate of drug-likeness (QED) is 0.851. The van der Waals surface area contributed by atoms with E-state index in [1.807, 2.05) is 31.2 Å². The van der Waals surface area contributed by atoms with Gasteiger partial charge in [-0.2, -0.15) is 0 Å². The standard InChI is InChI=1S/C15H21BrN2O3/c1-4-18(9-11(2)14(19)20)15(21)17(3)10-12-5-7-13(16)8-6-12/h5-8,11H,4,9-10H2,1-3H3,(H,19,20). The average molecular weight is 357 g/mol. The lowest BCUT2D eigenvalue weighted by Gasteiger charge is -2.28. The van der Waals surface area contributed by atoms with Gasteiger partial charge in [0.15, 0.2) is 0 Å². The Balaban J connectivity index is 2.66. The molecule has 0 aromatic heterocycles. The molecule has 1 rings (SSSR count). The lowest BCUT2D eigenvalue weighted by molar-refractivity contribution is -0.141. The number of urea groups is 1. The van der Waals surface area contributed by atoms with Crippen molar-refractivity contribution in [3.05, 3.63) is 34.3 Å². The average Bonchev–Trinajstić information content (AvgIpc) is 2.45. The Hall–Kier alpha value is -1.56. The van der Waals surface area contributed by atoms with Gasteiger partial charge < -0.3 is 14.9 Å². The van der Waals surface area contributed by atoms with Crippen LogP contribution in [0.2, 0.25) is 0 Å². The highest BCUT2D eigenvalue weighted by molar-refractivity contribution is 9.10. The van der Waals surface area contributed by atoms with Gasteiger partial charge in [0, 0.05) is 31.2 Å². The summed E-state index contributed by atoms with van der Waals surface area (Å²) in [4.78, 5) is 26.4. The third kappa shape index (κ3) is 5.38. The maximum atomic E-state index is 12.4. The Morgan fingerprint density at radius 3 is 2.33 bits per heavy atom. The Bertz CT molecular complexity index is 490. The fourth-order valence-corrected chi connectivity index (χ4v) is 2.19. The number of rotatable bonds is 6. The van der Waals surface area contributed by atoms with Crippen molar-refractivity contribution in [2.45, 2.75) is 20.4 Å². The second kappa shape index (κ2) is 8.02. The summed E-state index contributed by atoms with van der Waals surface area (Å²) in [7, 11) is 1.72. The minimum atomic E-state index is -0.892. The fourth-order valence-electron chi connectivity index (χ4n) is 1.92. The lowest BCUT2D eigenvalue weighted by atomic mass is 10.1. The molecule has 0 heterocycles. The normalized spacial score (nSPS) is 11.8. The third-order valence-electron chi connectivity index (χ3n) is 3.23. The maximum Gasteiger partial charge on any atom is 0.320 e. The summed E-state index contributed by atoms with van der Waals surface area (Å²) in [6.45, 7) is 4.65. The van der Waals surface area contributed by atoms with Crippen LogP contribution in [0.25, 0.3) is 0 Å². The van der Waals surface area contributed by atoms with Gasteiger partial charge in [-0.05, 0) is 24.6 Å². The number of hydrogen-bond acceptors (Lipinski definition) is 2. The SMILES string of the molecule is CCN(CC(C)C(=O)O)C(=O)N(C)Cc1ccc(Br)cc1. The molecular weight excluding hydrogens is 336 g/mol. The number of amides is 2. The number of hydrogen-bond donors (Lipinski definition) is 1. The number of aliphatic carboxylic acids is 1. The predicted molar refractivity (Wildman–Crippen MR) is 85.1 cm³/mol. The van der Waals surface area contributed by atoms with E-state index in [1.54, 1.807) is 23.8 Å². The molecule has 1 aromatic carbocycles. The van der Waals surface area contributed by atoms with Crippen LogP contribution in [0.3, 0.4) is 0 Å². The molecule has 0 radical (unpaired) electrons. The monoisotopic (exact) mass is 356 g/mol. The van der Waals surface area contributed by atoms with Crippen molar-refractivity contribution in [1.82, 2.24) is 9.80 Å². The summed E-state index contributed by atoms with van der Waals surface area (Å²) >= 11 is 3.37. The fraction of sp³-hybridized carbons (Fsp3) is 0.467. The molecule has 5 nitrogen and oxygen atoms in total. The van der Waals surface area contributed by atoms with Crippen molar-refractivity contribution in [2.24, 2.45) is 5.92 Å². The number of halogens is 1. The molecule has 0 fully saturated rings. The van der Waals surface area contributed by atoms with Gasteiger partial charge in [-0.1, -0.05) is 35.0 Å². The highest BCUT2D eigenvalue weighted by Crippen LogP contribution is 2.13. The molecule has 116 valence electrons. The van der Waals surface area contributed by atoms with Crippen LogP contribution in [-0.4, -0.2) is 47.0 Å². The summed E-state index contributed by atoms with van der Waals surface area (Å²) in [5, 5.41) is 8.95. The number of benzene rings is 1. The number of carboxylic acids is 1. The number of carboxylic acid groups (broad SMARTS) is 1. The maximum absolute atomic E-state index is 12.4. The Kier molecular flexibility index (Phi) is 6.68. The van der Waals surface area contributed by atoms with E-state index in [-0.39, 0.29) is 12.6 Å². The zero-order chi connectivity index (χ0) is 16.0. The van der Waals surface area contributed by atoms with Crippen LogP contribution in [-0.2, 0) is 11.3 Å². The zero-order valence-corrected chi connectivity index (χ0v) is 14.1. The Labute approximate surface area is 133 Å². The van der Waals surface area contributed by atoms with Crippen LogP contribution in [0.1, 0.15) is 19.4 Å². The van der Waals surface area contributed by atoms with Crippen LogP contribution < -0.4 is 0 Å². The number of carbonyl (C=O) groups is 2. The van der Waals surface area contributed by atoms with E-state index in [1.165, 1.54) is 0 Å². The van der Waals surface area contributed by atoms with Crippen molar-refractivity contribution < 1.29 is 14.7 Å². The smallest absolute Gasteiger partial charge is 0.320 e. The highest BCUT2D eigenvalue weighted by atomic mass is 79.9. The minimum Gasteiger partial charge on any atom is -0.481 e. The number of carbonyl (C=O) groups excluding carboxylic acids is 1. The van der Waals surface area contributed by atoms with Crippen molar-refractivity contribution in [2.75, 3.05) is 20.1 Å². The molecule has 0 aliphatic heterocycles. The van der Waals surface area contributed by atoms with Crippen LogP contribution in [0.15, 0.2) is 28.7 Å². The van der Waals surface area contributed by atoms with E-state index >= 15 is 0 Å². The molecule has 0 saturated carbocycles. The molecule has 0 spiro atoms. The van der Waals surface area contributed by atoms with Crippen molar-refractivity contribution >= 4 is 27.9 Å². The predicted octanol–water partition coefficient (Wildman–Crippen LogP) is 3.04. The summed E-state index contributed by atoms with van der Waals surface area (Å²) in [5.74, 6) is -1.47. The van der Waals surface area contributed by atoms with Gasteiger partial charge >= 0.3 is 12.0 Å². The second-order valence-electron chi connectivity index (χ2n) is 5.04. The third-order valence-corrected chi connectivity index (χ3v) is 3.76. The minimum absolute atomic E-state index is 0.159. The largest absolute Gasteiger partial charge is 0.481 e. The van der Waals surface area contributed by atoms with Crippen molar-refractivity contribution in [1.29, 1.82) is 0 Å². The van der Waals surface area contributed by atoms with Gasteiger partial charge in [-0.3, -0.25) is 4.79 Å². The molecular formula is C15H21BrN2O3. The topological polar surface area (TPSA) is 60.9 Å². The first-order chi connectivity index (χ1) is 9.85. The summed E-state index contributed by atoms with van der Waals surface area (Å²) < 4.78 is 0.991. The molecule has 6 heteroatoms. The molecule has 1 atom stereocenters. The van der Waals surface area contributed by atoms with E-state index in [2.05, 4.69) is 15.9 Å². The van der Waals surface area contributed by atoms with Crippen LogP contribution >= 0.6 is 15.9 Å². The molecule has 1 aromatic rings. The van der Waals surface area contributed by atoms with E-state index in [9.17, 15) is 9.59 Å².